The summed E-state index contributed by atoms with van der Waals surface area (Å²) in [5.41, 5.74) is 11.7. The quantitative estimate of drug-likeness (QED) is 0.169. The van der Waals surface area contributed by atoms with Gasteiger partial charge >= 0.3 is 0 Å². The third-order valence-corrected chi connectivity index (χ3v) is 9.19. The first-order valence-corrected chi connectivity index (χ1v) is 16.1. The molecule has 1 heteroatoms. The minimum absolute atomic E-state index is 0.137. The third kappa shape index (κ3) is 6.79. The summed E-state index contributed by atoms with van der Waals surface area (Å²) in [7, 11) is 2.24. The molecule has 39 heavy (non-hydrogen) atoms. The molecule has 0 fully saturated rings. The van der Waals surface area contributed by atoms with Gasteiger partial charge in [-0.15, -0.1) is 0 Å². The SMILES string of the molecule is CCCCCCC1(CCCCCC)c2cc(C)ccc2-c2ccc(N(C)c3ccc(CCCCC)cc3)cc21. The third-order valence-electron chi connectivity index (χ3n) is 9.19. The van der Waals surface area contributed by atoms with Crippen molar-refractivity contribution < 1.29 is 0 Å². The minimum atomic E-state index is 0.137. The fourth-order valence-corrected chi connectivity index (χ4v) is 6.79. The van der Waals surface area contributed by atoms with Crippen molar-refractivity contribution in [1.29, 1.82) is 0 Å². The first-order valence-electron chi connectivity index (χ1n) is 16.1. The Bertz CT molecular complexity index is 1160. The second-order valence-electron chi connectivity index (χ2n) is 12.2. The molecule has 0 atom stereocenters. The van der Waals surface area contributed by atoms with Crippen LogP contribution in [0.25, 0.3) is 11.1 Å². The number of rotatable bonds is 16. The topological polar surface area (TPSA) is 3.24 Å². The van der Waals surface area contributed by atoms with Crippen molar-refractivity contribution in [2.24, 2.45) is 0 Å². The maximum Gasteiger partial charge on any atom is 0.0411 e. The smallest absolute Gasteiger partial charge is 0.0411 e. The first kappa shape index (κ1) is 29.4. The number of hydrogen-bond acceptors (Lipinski definition) is 1. The van der Waals surface area contributed by atoms with Gasteiger partial charge in [-0.25, -0.2) is 0 Å². The van der Waals surface area contributed by atoms with Crippen molar-refractivity contribution in [3.05, 3.63) is 82.9 Å². The standard InChI is InChI=1S/C38H53N/c1-6-9-12-15-26-38(27-16-13-10-7-2)36-28-30(4)18-24-34(36)35-25-23-33(29-37(35)38)39(5)32-21-19-31(20-22-32)17-14-11-8-3/h18-25,28-29H,6-17,26-27H2,1-5H3. The van der Waals surface area contributed by atoms with Gasteiger partial charge < -0.3 is 4.90 Å². The van der Waals surface area contributed by atoms with Crippen LogP contribution < -0.4 is 4.90 Å². The van der Waals surface area contributed by atoms with Crippen molar-refractivity contribution >= 4 is 11.4 Å². The number of hydrogen-bond donors (Lipinski definition) is 0. The van der Waals surface area contributed by atoms with Crippen molar-refractivity contribution in [3.63, 3.8) is 0 Å². The van der Waals surface area contributed by atoms with Crippen LogP contribution >= 0.6 is 0 Å². The van der Waals surface area contributed by atoms with Crippen LogP contribution in [0.4, 0.5) is 11.4 Å². The van der Waals surface area contributed by atoms with Crippen molar-refractivity contribution in [3.8, 4) is 11.1 Å². The van der Waals surface area contributed by atoms with Crippen LogP contribution in [0.5, 0.6) is 0 Å². The van der Waals surface area contributed by atoms with E-state index in [0.717, 1.165) is 0 Å². The lowest BCUT2D eigenvalue weighted by molar-refractivity contribution is 0.401. The molecule has 0 aromatic heterocycles. The fraction of sp³-hybridized carbons (Fsp3) is 0.526. The average molecular weight is 524 g/mol. The Kier molecular flexibility index (Phi) is 10.7. The zero-order chi connectivity index (χ0) is 27.7. The summed E-state index contributed by atoms with van der Waals surface area (Å²) in [6.45, 7) is 9.19. The largest absolute Gasteiger partial charge is 0.345 e. The normalized spacial score (nSPS) is 13.4. The molecule has 1 nitrogen and oxygen atoms in total. The van der Waals surface area contributed by atoms with Gasteiger partial charge in [-0.05, 0) is 84.7 Å². The predicted molar refractivity (Wildman–Crippen MR) is 173 cm³/mol. The van der Waals surface area contributed by atoms with Gasteiger partial charge in [0.2, 0.25) is 0 Å². The second kappa shape index (κ2) is 14.2. The molecule has 4 rings (SSSR count). The molecule has 0 radical (unpaired) electrons. The molecule has 3 aromatic rings. The van der Waals surface area contributed by atoms with Crippen LogP contribution in [0.15, 0.2) is 60.7 Å². The van der Waals surface area contributed by atoms with Crippen LogP contribution in [0.3, 0.4) is 0 Å². The maximum atomic E-state index is 2.56. The van der Waals surface area contributed by atoms with E-state index in [4.69, 9.17) is 0 Å². The monoisotopic (exact) mass is 523 g/mol. The summed E-state index contributed by atoms with van der Waals surface area (Å²) in [5.74, 6) is 0. The van der Waals surface area contributed by atoms with Gasteiger partial charge in [0.15, 0.2) is 0 Å². The summed E-state index contributed by atoms with van der Waals surface area (Å²) in [6.07, 6.45) is 18.2. The highest BCUT2D eigenvalue weighted by Crippen LogP contribution is 2.55. The predicted octanol–water partition coefficient (Wildman–Crippen LogP) is 11.7. The van der Waals surface area contributed by atoms with Gasteiger partial charge in [0, 0.05) is 23.8 Å². The Morgan fingerprint density at radius 1 is 0.564 bits per heavy atom. The van der Waals surface area contributed by atoms with E-state index in [1.165, 1.54) is 124 Å². The number of benzene rings is 3. The molecule has 1 aliphatic rings. The summed E-state index contributed by atoms with van der Waals surface area (Å²) < 4.78 is 0. The van der Waals surface area contributed by atoms with E-state index < -0.39 is 0 Å². The van der Waals surface area contributed by atoms with E-state index >= 15 is 0 Å². The molecule has 3 aromatic carbocycles. The van der Waals surface area contributed by atoms with Gasteiger partial charge in [-0.2, -0.15) is 0 Å². The molecule has 0 heterocycles. The van der Waals surface area contributed by atoms with Crippen LogP contribution in [0, 0.1) is 6.92 Å². The van der Waals surface area contributed by atoms with Gasteiger partial charge in [0.1, 0.15) is 0 Å². The number of nitrogens with zero attached hydrogens (tertiary/aromatic N) is 1. The highest BCUT2D eigenvalue weighted by molar-refractivity contribution is 5.84. The number of aryl methyl sites for hydroxylation is 2. The van der Waals surface area contributed by atoms with Gasteiger partial charge in [-0.3, -0.25) is 0 Å². The molecule has 0 aliphatic heterocycles. The highest BCUT2D eigenvalue weighted by atomic mass is 15.1. The maximum absolute atomic E-state index is 2.56. The van der Waals surface area contributed by atoms with Crippen LogP contribution in [-0.4, -0.2) is 7.05 Å². The Morgan fingerprint density at radius 2 is 1.10 bits per heavy atom. The van der Waals surface area contributed by atoms with Crippen LogP contribution in [-0.2, 0) is 11.8 Å². The first-order chi connectivity index (χ1) is 19.0. The molecule has 1 aliphatic carbocycles. The second-order valence-corrected chi connectivity index (χ2v) is 12.2. The summed E-state index contributed by atoms with van der Waals surface area (Å²) in [6, 6.07) is 23.9. The number of fused-ring (bicyclic) bond motifs is 3. The van der Waals surface area contributed by atoms with Crippen molar-refractivity contribution in [1.82, 2.24) is 0 Å². The van der Waals surface area contributed by atoms with E-state index in [9.17, 15) is 0 Å². The Hall–Kier alpha value is -2.54. The summed E-state index contributed by atoms with van der Waals surface area (Å²) in [5, 5.41) is 0. The van der Waals surface area contributed by atoms with Crippen LogP contribution in [0.2, 0.25) is 0 Å². The molecule has 0 N–H and O–H groups in total. The molecule has 0 saturated carbocycles. The average Bonchev–Trinajstić information content (AvgIpc) is 3.22. The number of anilines is 2. The molecule has 0 spiro atoms. The summed E-state index contributed by atoms with van der Waals surface area (Å²) >= 11 is 0. The molecule has 0 saturated heterocycles. The van der Waals surface area contributed by atoms with Gasteiger partial charge in [0.25, 0.3) is 0 Å². The minimum Gasteiger partial charge on any atom is -0.345 e. The van der Waals surface area contributed by atoms with Crippen LogP contribution in [0.1, 0.15) is 126 Å². The van der Waals surface area contributed by atoms with Gasteiger partial charge in [0.05, 0.1) is 0 Å². The molecule has 210 valence electrons. The zero-order valence-electron chi connectivity index (χ0n) is 25.6. The van der Waals surface area contributed by atoms with E-state index in [2.05, 4.69) is 100 Å². The van der Waals surface area contributed by atoms with E-state index in [0.29, 0.717) is 0 Å². The van der Waals surface area contributed by atoms with E-state index in [-0.39, 0.29) is 5.41 Å². The Balaban J connectivity index is 1.69. The Labute approximate surface area is 240 Å². The molecule has 0 unspecified atom stereocenters. The lowest BCUT2D eigenvalue weighted by atomic mass is 9.70. The fourth-order valence-electron chi connectivity index (χ4n) is 6.79. The van der Waals surface area contributed by atoms with E-state index in [1.54, 1.807) is 11.1 Å². The number of unbranched alkanes of at least 4 members (excludes halogenated alkanes) is 8. The molecule has 0 amide bonds. The molecule has 0 bridgehead atoms. The van der Waals surface area contributed by atoms with Gasteiger partial charge in [-0.1, -0.05) is 127 Å². The summed E-state index contributed by atoms with van der Waals surface area (Å²) in [4.78, 5) is 2.39. The highest BCUT2D eigenvalue weighted by Gasteiger charge is 2.42. The van der Waals surface area contributed by atoms with Crippen molar-refractivity contribution in [2.45, 2.75) is 123 Å². The Morgan fingerprint density at radius 3 is 1.72 bits per heavy atom. The molecular weight excluding hydrogens is 470 g/mol. The zero-order valence-corrected chi connectivity index (χ0v) is 25.6. The lowest BCUT2D eigenvalue weighted by Crippen LogP contribution is -2.26. The lowest BCUT2D eigenvalue weighted by Gasteiger charge is -2.34. The molecular formula is C38H53N. The van der Waals surface area contributed by atoms with E-state index in [1.807, 2.05) is 0 Å². The van der Waals surface area contributed by atoms with Crippen molar-refractivity contribution in [2.75, 3.05) is 11.9 Å².